The van der Waals surface area contributed by atoms with Crippen LogP contribution in [0.25, 0.3) is 0 Å². The smallest absolute Gasteiger partial charge is 0.379 e. The zero-order valence-corrected chi connectivity index (χ0v) is 11.4. The van der Waals surface area contributed by atoms with Crippen LogP contribution in [0.3, 0.4) is 0 Å². The Morgan fingerprint density at radius 1 is 1.19 bits per heavy atom. The first-order valence-corrected chi connectivity index (χ1v) is 6.41. The van der Waals surface area contributed by atoms with Crippen molar-refractivity contribution < 1.29 is 23.9 Å². The van der Waals surface area contributed by atoms with Gasteiger partial charge in [0.15, 0.2) is 0 Å². The highest BCUT2D eigenvalue weighted by Gasteiger charge is 2.28. The summed E-state index contributed by atoms with van der Waals surface area (Å²) in [6.07, 6.45) is 0. The molecule has 0 atom stereocenters. The molecule has 1 aliphatic heterocycles. The molecule has 1 aromatic carbocycles. The van der Waals surface area contributed by atoms with Crippen molar-refractivity contribution in [1.82, 2.24) is 5.32 Å². The Hall–Kier alpha value is -2.70. The van der Waals surface area contributed by atoms with Gasteiger partial charge in [0.25, 0.3) is 5.78 Å². The third-order valence-corrected chi connectivity index (χ3v) is 2.90. The average Bonchev–Trinajstić information content (AvgIpc) is 2.45. The number of ether oxygens (including phenoxy) is 1. The Kier molecular flexibility index (Phi) is 4.32. The fourth-order valence-corrected chi connectivity index (χ4v) is 2.06. The lowest BCUT2D eigenvalue weighted by atomic mass is 10.1. The van der Waals surface area contributed by atoms with Crippen molar-refractivity contribution in [1.29, 1.82) is 0 Å². The number of piperazine rings is 1. The summed E-state index contributed by atoms with van der Waals surface area (Å²) in [6, 6.07) is 6.31. The molecular weight excluding hydrogens is 276 g/mol. The molecule has 2 rings (SSSR count). The highest BCUT2D eigenvalue weighted by Crippen LogP contribution is 2.22. The van der Waals surface area contributed by atoms with Gasteiger partial charge in [0, 0.05) is 5.69 Å². The van der Waals surface area contributed by atoms with Crippen LogP contribution in [-0.2, 0) is 19.1 Å². The van der Waals surface area contributed by atoms with Crippen molar-refractivity contribution in [3.63, 3.8) is 0 Å². The summed E-state index contributed by atoms with van der Waals surface area (Å²) in [5, 5.41) is 2.17. The predicted octanol–water partition coefficient (Wildman–Crippen LogP) is -0.105. The van der Waals surface area contributed by atoms with Crippen molar-refractivity contribution in [3.05, 3.63) is 29.8 Å². The third kappa shape index (κ3) is 3.25. The number of ketones is 1. The lowest BCUT2D eigenvalue weighted by Crippen LogP contribution is -2.51. The molecule has 21 heavy (non-hydrogen) atoms. The van der Waals surface area contributed by atoms with Crippen molar-refractivity contribution in [3.8, 4) is 0 Å². The van der Waals surface area contributed by atoms with Gasteiger partial charge in [0.2, 0.25) is 11.8 Å². The van der Waals surface area contributed by atoms with E-state index in [1.807, 2.05) is 0 Å². The van der Waals surface area contributed by atoms with Crippen molar-refractivity contribution in [2.24, 2.45) is 0 Å². The van der Waals surface area contributed by atoms with Crippen LogP contribution in [0.1, 0.15) is 17.3 Å². The molecule has 7 heteroatoms. The Morgan fingerprint density at radius 3 is 2.43 bits per heavy atom. The summed E-state index contributed by atoms with van der Waals surface area (Å²) in [5.74, 6) is -2.67. The summed E-state index contributed by atoms with van der Waals surface area (Å²) in [6.45, 7) is 1.58. The van der Waals surface area contributed by atoms with E-state index in [1.54, 1.807) is 25.1 Å². The first-order valence-electron chi connectivity index (χ1n) is 6.41. The fourth-order valence-electron chi connectivity index (χ4n) is 2.06. The zero-order valence-electron chi connectivity index (χ0n) is 11.4. The molecule has 0 radical (unpaired) electrons. The van der Waals surface area contributed by atoms with E-state index in [0.29, 0.717) is 5.69 Å². The molecule has 1 aromatic rings. The second kappa shape index (κ2) is 6.17. The number of carbonyl (C=O) groups excluding carboxylic acids is 4. The second-order valence-electron chi connectivity index (χ2n) is 4.39. The number of esters is 1. The highest BCUT2D eigenvalue weighted by atomic mass is 16.5. The Bertz CT molecular complexity index is 595. The number of nitrogens with zero attached hydrogens (tertiary/aromatic N) is 1. The second-order valence-corrected chi connectivity index (χ2v) is 4.39. The molecule has 7 nitrogen and oxygen atoms in total. The molecule has 1 saturated heterocycles. The van der Waals surface area contributed by atoms with Gasteiger partial charge in [-0.25, -0.2) is 4.79 Å². The van der Waals surface area contributed by atoms with E-state index in [2.05, 4.69) is 10.1 Å². The topological polar surface area (TPSA) is 92.8 Å². The Labute approximate surface area is 120 Å². The van der Waals surface area contributed by atoms with Crippen LogP contribution in [0, 0.1) is 0 Å². The molecule has 0 saturated carbocycles. The molecular formula is C14H14N2O5. The van der Waals surface area contributed by atoms with Gasteiger partial charge < -0.3 is 9.64 Å². The monoisotopic (exact) mass is 290 g/mol. The van der Waals surface area contributed by atoms with Crippen LogP contribution in [0.5, 0.6) is 0 Å². The van der Waals surface area contributed by atoms with Gasteiger partial charge in [-0.2, -0.15) is 0 Å². The minimum atomic E-state index is -0.960. The predicted molar refractivity (Wildman–Crippen MR) is 72.8 cm³/mol. The highest BCUT2D eigenvalue weighted by molar-refractivity contribution is 6.42. The SMILES string of the molecule is CCOC(=O)C(=O)c1ccccc1N1CC(=O)NC(=O)C1. The van der Waals surface area contributed by atoms with E-state index >= 15 is 0 Å². The molecule has 1 heterocycles. The summed E-state index contributed by atoms with van der Waals surface area (Å²) in [5.41, 5.74) is 0.470. The van der Waals surface area contributed by atoms with Gasteiger partial charge in [-0.15, -0.1) is 0 Å². The number of imide groups is 1. The van der Waals surface area contributed by atoms with Crippen LogP contribution in [0.15, 0.2) is 24.3 Å². The standard InChI is InChI=1S/C14H14N2O5/c1-2-21-14(20)13(19)9-5-3-4-6-10(9)16-7-11(17)15-12(18)8-16/h3-6H,2,7-8H2,1H3,(H,15,17,18). The maximum atomic E-state index is 12.1. The quantitative estimate of drug-likeness (QED) is 0.360. The van der Waals surface area contributed by atoms with E-state index in [4.69, 9.17) is 0 Å². The van der Waals surface area contributed by atoms with Crippen molar-refractivity contribution in [2.75, 3.05) is 24.6 Å². The van der Waals surface area contributed by atoms with Crippen LogP contribution in [0.4, 0.5) is 5.69 Å². The van der Waals surface area contributed by atoms with Crippen molar-refractivity contribution in [2.45, 2.75) is 6.92 Å². The van der Waals surface area contributed by atoms with Gasteiger partial charge >= 0.3 is 5.97 Å². The molecule has 0 unspecified atom stereocenters. The normalized spacial score (nSPS) is 14.6. The lowest BCUT2D eigenvalue weighted by Gasteiger charge is -2.28. The molecule has 1 N–H and O–H groups in total. The molecule has 110 valence electrons. The Morgan fingerprint density at radius 2 is 1.81 bits per heavy atom. The number of hydrogen-bond acceptors (Lipinski definition) is 6. The maximum Gasteiger partial charge on any atom is 0.379 e. The Balaban J connectivity index is 2.32. The zero-order chi connectivity index (χ0) is 15.4. The maximum absolute atomic E-state index is 12.1. The summed E-state index contributed by atoms with van der Waals surface area (Å²) >= 11 is 0. The summed E-state index contributed by atoms with van der Waals surface area (Å²) < 4.78 is 4.69. The summed E-state index contributed by atoms with van der Waals surface area (Å²) in [4.78, 5) is 47.9. The van der Waals surface area contributed by atoms with Gasteiger partial charge in [0.1, 0.15) is 0 Å². The van der Waals surface area contributed by atoms with Crippen LogP contribution in [-0.4, -0.2) is 43.3 Å². The molecule has 0 aliphatic carbocycles. The number of rotatable bonds is 4. The van der Waals surface area contributed by atoms with E-state index in [-0.39, 0.29) is 25.3 Å². The van der Waals surface area contributed by atoms with Gasteiger partial charge in [-0.1, -0.05) is 12.1 Å². The number of nitrogens with one attached hydrogen (secondary N) is 1. The van der Waals surface area contributed by atoms with Crippen molar-refractivity contribution >= 4 is 29.3 Å². The minimum Gasteiger partial charge on any atom is -0.460 e. The molecule has 0 bridgehead atoms. The van der Waals surface area contributed by atoms with E-state index in [1.165, 1.54) is 11.0 Å². The van der Waals surface area contributed by atoms with Gasteiger partial charge in [0.05, 0.1) is 25.3 Å². The fraction of sp³-hybridized carbons (Fsp3) is 0.286. The summed E-state index contributed by atoms with van der Waals surface area (Å²) in [7, 11) is 0. The number of Topliss-reactive ketones (excluding diaryl/α,β-unsaturated/α-hetero) is 1. The molecule has 1 fully saturated rings. The van der Waals surface area contributed by atoms with Crippen LogP contribution in [0.2, 0.25) is 0 Å². The number of benzene rings is 1. The minimum absolute atomic E-state index is 0.0567. The third-order valence-electron chi connectivity index (χ3n) is 2.90. The van der Waals surface area contributed by atoms with Crippen LogP contribution < -0.4 is 10.2 Å². The number of para-hydroxylation sites is 1. The first kappa shape index (κ1) is 14.7. The number of amides is 2. The van der Waals surface area contributed by atoms with Crippen LogP contribution >= 0.6 is 0 Å². The molecule has 0 spiro atoms. The van der Waals surface area contributed by atoms with E-state index < -0.39 is 23.6 Å². The average molecular weight is 290 g/mol. The number of hydrogen-bond donors (Lipinski definition) is 1. The lowest BCUT2D eigenvalue weighted by molar-refractivity contribution is -0.137. The molecule has 1 aliphatic rings. The first-order chi connectivity index (χ1) is 10.0. The number of carbonyl (C=O) groups is 4. The van der Waals surface area contributed by atoms with Gasteiger partial charge in [-0.05, 0) is 19.1 Å². The van der Waals surface area contributed by atoms with E-state index in [9.17, 15) is 19.2 Å². The largest absolute Gasteiger partial charge is 0.460 e. The molecule has 0 aromatic heterocycles. The molecule has 2 amide bonds. The number of anilines is 1. The van der Waals surface area contributed by atoms with E-state index in [0.717, 1.165) is 0 Å². The van der Waals surface area contributed by atoms with Gasteiger partial charge in [-0.3, -0.25) is 19.7 Å².